The zero-order chi connectivity index (χ0) is 8.32. The lowest BCUT2D eigenvalue weighted by atomic mass is 9.77. The second kappa shape index (κ2) is 3.18. The highest BCUT2D eigenvalue weighted by atomic mass is 16.3. The Morgan fingerprint density at radius 3 is 2.82 bits per heavy atom. The van der Waals surface area contributed by atoms with Crippen molar-refractivity contribution in [2.75, 3.05) is 6.61 Å². The molecule has 0 heterocycles. The summed E-state index contributed by atoms with van der Waals surface area (Å²) in [6.45, 7) is 2.20. The molecule has 62 valence electrons. The van der Waals surface area contributed by atoms with Gasteiger partial charge in [0, 0.05) is 11.8 Å². The summed E-state index contributed by atoms with van der Waals surface area (Å²) in [5.41, 5.74) is -0.103. The summed E-state index contributed by atoms with van der Waals surface area (Å²) in [7, 11) is 0. The molecule has 0 saturated heterocycles. The number of ketones is 1. The Hall–Kier alpha value is -0.630. The number of carbonyl (C=O) groups excluding carboxylic acids is 1. The molecule has 1 aliphatic rings. The van der Waals surface area contributed by atoms with Gasteiger partial charge in [-0.15, -0.1) is 0 Å². The molecule has 11 heavy (non-hydrogen) atoms. The van der Waals surface area contributed by atoms with Gasteiger partial charge in [-0.3, -0.25) is 4.79 Å². The molecule has 0 bridgehead atoms. The van der Waals surface area contributed by atoms with E-state index in [0.29, 0.717) is 6.42 Å². The van der Waals surface area contributed by atoms with Crippen LogP contribution in [-0.2, 0) is 4.79 Å². The van der Waals surface area contributed by atoms with Gasteiger partial charge >= 0.3 is 0 Å². The summed E-state index contributed by atoms with van der Waals surface area (Å²) in [6, 6.07) is 0. The van der Waals surface area contributed by atoms with Crippen LogP contribution in [0.1, 0.15) is 26.2 Å². The van der Waals surface area contributed by atoms with Crippen LogP contribution in [0.25, 0.3) is 0 Å². The van der Waals surface area contributed by atoms with Crippen LogP contribution >= 0.6 is 0 Å². The lowest BCUT2D eigenvalue weighted by molar-refractivity contribution is -0.115. The first-order valence-electron chi connectivity index (χ1n) is 4.05. The van der Waals surface area contributed by atoms with E-state index >= 15 is 0 Å². The minimum atomic E-state index is -0.103. The second-order valence-electron chi connectivity index (χ2n) is 3.17. The van der Waals surface area contributed by atoms with Crippen molar-refractivity contribution in [3.05, 3.63) is 12.2 Å². The third-order valence-electron chi connectivity index (χ3n) is 2.51. The van der Waals surface area contributed by atoms with Gasteiger partial charge in [0.05, 0.1) is 6.61 Å². The van der Waals surface area contributed by atoms with E-state index in [1.54, 1.807) is 6.08 Å². The fourth-order valence-corrected chi connectivity index (χ4v) is 1.35. The molecule has 0 amide bonds. The van der Waals surface area contributed by atoms with Gasteiger partial charge in [0.15, 0.2) is 5.78 Å². The van der Waals surface area contributed by atoms with Gasteiger partial charge in [0.25, 0.3) is 0 Å². The summed E-state index contributed by atoms with van der Waals surface area (Å²) in [5.74, 6) is 0.183. The molecule has 2 heteroatoms. The topological polar surface area (TPSA) is 37.3 Å². The maximum Gasteiger partial charge on any atom is 0.155 e. The Balaban J connectivity index is 2.72. The van der Waals surface area contributed by atoms with E-state index < -0.39 is 0 Å². The van der Waals surface area contributed by atoms with Gasteiger partial charge in [-0.05, 0) is 18.9 Å². The molecule has 0 aliphatic heterocycles. The van der Waals surface area contributed by atoms with Crippen LogP contribution in [-0.4, -0.2) is 17.5 Å². The van der Waals surface area contributed by atoms with E-state index in [9.17, 15) is 4.79 Å². The quantitative estimate of drug-likeness (QED) is 0.650. The second-order valence-corrected chi connectivity index (χ2v) is 3.17. The number of allylic oxidation sites excluding steroid dienone is 1. The van der Waals surface area contributed by atoms with E-state index in [2.05, 4.69) is 0 Å². The van der Waals surface area contributed by atoms with Crippen molar-refractivity contribution >= 4 is 5.78 Å². The fourth-order valence-electron chi connectivity index (χ4n) is 1.35. The van der Waals surface area contributed by atoms with Crippen LogP contribution in [0.5, 0.6) is 0 Å². The average Bonchev–Trinajstić information content (AvgIpc) is 2.07. The fraction of sp³-hybridized carbons (Fsp3) is 0.667. The highest BCUT2D eigenvalue weighted by molar-refractivity contribution is 5.90. The molecular formula is C9H14O2. The molecule has 1 atom stereocenters. The van der Waals surface area contributed by atoms with Crippen LogP contribution < -0.4 is 0 Å². The molecule has 2 nitrogen and oxygen atoms in total. The van der Waals surface area contributed by atoms with Gasteiger partial charge < -0.3 is 5.11 Å². The number of carbonyl (C=O) groups is 1. The van der Waals surface area contributed by atoms with Gasteiger partial charge in [-0.2, -0.15) is 0 Å². The highest BCUT2D eigenvalue weighted by Gasteiger charge is 2.27. The molecule has 0 saturated carbocycles. The van der Waals surface area contributed by atoms with Gasteiger partial charge in [0.1, 0.15) is 0 Å². The molecule has 0 aromatic heterocycles. The molecule has 0 aromatic carbocycles. The van der Waals surface area contributed by atoms with Crippen molar-refractivity contribution in [2.24, 2.45) is 5.41 Å². The van der Waals surface area contributed by atoms with Crippen LogP contribution in [0.2, 0.25) is 0 Å². The maximum atomic E-state index is 10.8. The van der Waals surface area contributed by atoms with Crippen LogP contribution in [0, 0.1) is 5.41 Å². The zero-order valence-electron chi connectivity index (χ0n) is 6.84. The first-order chi connectivity index (χ1) is 5.22. The Morgan fingerprint density at radius 1 is 1.73 bits per heavy atom. The maximum absolute atomic E-state index is 10.8. The number of hydrogen-bond acceptors (Lipinski definition) is 2. The van der Waals surface area contributed by atoms with Crippen LogP contribution in [0.4, 0.5) is 0 Å². The van der Waals surface area contributed by atoms with Crippen LogP contribution in [0.15, 0.2) is 12.2 Å². The van der Waals surface area contributed by atoms with E-state index in [1.807, 2.05) is 13.0 Å². The van der Waals surface area contributed by atoms with E-state index in [1.165, 1.54) is 0 Å². The van der Waals surface area contributed by atoms with Crippen molar-refractivity contribution in [2.45, 2.75) is 26.2 Å². The minimum absolute atomic E-state index is 0.103. The summed E-state index contributed by atoms with van der Waals surface area (Å²) >= 11 is 0. The van der Waals surface area contributed by atoms with Gasteiger partial charge in [-0.1, -0.05) is 13.0 Å². The van der Waals surface area contributed by atoms with Crippen molar-refractivity contribution in [1.29, 1.82) is 0 Å². The summed E-state index contributed by atoms with van der Waals surface area (Å²) in [4.78, 5) is 10.8. The summed E-state index contributed by atoms with van der Waals surface area (Å²) < 4.78 is 0. The normalized spacial score (nSPS) is 30.9. The Kier molecular flexibility index (Phi) is 2.45. The Labute approximate surface area is 66.9 Å². The van der Waals surface area contributed by atoms with Gasteiger partial charge in [0.2, 0.25) is 0 Å². The van der Waals surface area contributed by atoms with Crippen molar-refractivity contribution in [3.8, 4) is 0 Å². The lowest BCUT2D eigenvalue weighted by Gasteiger charge is -2.29. The first-order valence-corrected chi connectivity index (χ1v) is 4.05. The SMILES string of the molecule is CC[C@]1(CO)C=CC(=O)CC1. The Bertz CT molecular complexity index is 178. The summed E-state index contributed by atoms with van der Waals surface area (Å²) in [5, 5.41) is 9.07. The molecular weight excluding hydrogens is 140 g/mol. The van der Waals surface area contributed by atoms with Crippen molar-refractivity contribution < 1.29 is 9.90 Å². The number of hydrogen-bond donors (Lipinski definition) is 1. The van der Waals surface area contributed by atoms with Crippen LogP contribution in [0.3, 0.4) is 0 Å². The molecule has 0 fully saturated rings. The van der Waals surface area contributed by atoms with E-state index in [0.717, 1.165) is 12.8 Å². The average molecular weight is 154 g/mol. The molecule has 1 N–H and O–H groups in total. The van der Waals surface area contributed by atoms with Gasteiger partial charge in [-0.25, -0.2) is 0 Å². The molecule has 1 aliphatic carbocycles. The lowest BCUT2D eigenvalue weighted by Crippen LogP contribution is -2.26. The summed E-state index contributed by atoms with van der Waals surface area (Å²) in [6.07, 6.45) is 5.76. The molecule has 1 rings (SSSR count). The monoisotopic (exact) mass is 154 g/mol. The number of aliphatic hydroxyl groups excluding tert-OH is 1. The van der Waals surface area contributed by atoms with E-state index in [4.69, 9.17) is 5.11 Å². The zero-order valence-corrected chi connectivity index (χ0v) is 6.84. The molecule has 0 unspecified atom stereocenters. The Morgan fingerprint density at radius 2 is 2.45 bits per heavy atom. The molecule has 0 spiro atoms. The first kappa shape index (κ1) is 8.47. The molecule has 0 aromatic rings. The largest absolute Gasteiger partial charge is 0.395 e. The minimum Gasteiger partial charge on any atom is -0.395 e. The third kappa shape index (κ3) is 1.69. The predicted octanol–water partition coefficient (Wildman–Crippen LogP) is 1.29. The smallest absolute Gasteiger partial charge is 0.155 e. The van der Waals surface area contributed by atoms with E-state index in [-0.39, 0.29) is 17.8 Å². The number of aliphatic hydroxyl groups is 1. The van der Waals surface area contributed by atoms with Crippen molar-refractivity contribution in [3.63, 3.8) is 0 Å². The standard InChI is InChI=1S/C9H14O2/c1-2-9(7-10)5-3-8(11)4-6-9/h3,5,10H,2,4,6-7H2,1H3/t9-/m0/s1. The van der Waals surface area contributed by atoms with Crippen molar-refractivity contribution in [1.82, 2.24) is 0 Å². The number of rotatable bonds is 2. The predicted molar refractivity (Wildman–Crippen MR) is 43.2 cm³/mol. The molecule has 0 radical (unpaired) electrons. The highest BCUT2D eigenvalue weighted by Crippen LogP contribution is 2.32. The third-order valence-corrected chi connectivity index (χ3v) is 2.51.